The number of furan rings is 1. The van der Waals surface area contributed by atoms with Gasteiger partial charge in [-0.3, -0.25) is 0 Å². The minimum atomic E-state index is 0.775. The number of imidazole rings is 1. The van der Waals surface area contributed by atoms with Gasteiger partial charge in [-0.05, 0) is 24.3 Å². The van der Waals surface area contributed by atoms with Crippen molar-refractivity contribution in [2.45, 2.75) is 12.8 Å². The topological polar surface area (TPSA) is 54.7 Å². The molecule has 3 aromatic rings. The lowest BCUT2D eigenvalue weighted by molar-refractivity contribution is 0.507. The zero-order chi connectivity index (χ0) is 10.8. The average molecular weight is 213 g/mol. The third kappa shape index (κ3) is 1.69. The summed E-state index contributed by atoms with van der Waals surface area (Å²) in [6, 6.07) is 7.75. The lowest BCUT2D eigenvalue weighted by atomic mass is 10.2. The van der Waals surface area contributed by atoms with E-state index in [0.717, 1.165) is 35.6 Å². The molecule has 0 fully saturated rings. The van der Waals surface area contributed by atoms with Gasteiger partial charge in [-0.1, -0.05) is 0 Å². The molecule has 0 saturated carbocycles. The van der Waals surface area contributed by atoms with Gasteiger partial charge in [0.1, 0.15) is 11.6 Å². The molecule has 0 amide bonds. The first-order valence-electron chi connectivity index (χ1n) is 5.24. The molecule has 4 heteroatoms. The van der Waals surface area contributed by atoms with Crippen molar-refractivity contribution in [1.29, 1.82) is 0 Å². The summed E-state index contributed by atoms with van der Waals surface area (Å²) >= 11 is 0. The van der Waals surface area contributed by atoms with Crippen LogP contribution in [0, 0.1) is 0 Å². The summed E-state index contributed by atoms with van der Waals surface area (Å²) in [6.45, 7) is 0. The highest BCUT2D eigenvalue weighted by atomic mass is 16.3. The second-order valence-corrected chi connectivity index (χ2v) is 3.64. The van der Waals surface area contributed by atoms with E-state index >= 15 is 0 Å². The second-order valence-electron chi connectivity index (χ2n) is 3.64. The van der Waals surface area contributed by atoms with E-state index in [1.807, 2.05) is 24.3 Å². The first-order valence-corrected chi connectivity index (χ1v) is 5.24. The van der Waals surface area contributed by atoms with Gasteiger partial charge in [-0.25, -0.2) is 9.97 Å². The number of H-pyrrole nitrogens is 1. The van der Waals surface area contributed by atoms with Gasteiger partial charge < -0.3 is 9.40 Å². The molecule has 0 bridgehead atoms. The number of pyridine rings is 1. The maximum atomic E-state index is 5.27. The molecule has 4 nitrogen and oxygen atoms in total. The van der Waals surface area contributed by atoms with Gasteiger partial charge in [0.15, 0.2) is 5.65 Å². The van der Waals surface area contributed by atoms with Crippen molar-refractivity contribution in [1.82, 2.24) is 15.0 Å². The maximum Gasteiger partial charge on any atom is 0.177 e. The lowest BCUT2D eigenvalue weighted by Gasteiger charge is -1.92. The van der Waals surface area contributed by atoms with E-state index in [2.05, 4.69) is 15.0 Å². The monoisotopic (exact) mass is 213 g/mol. The van der Waals surface area contributed by atoms with Crippen molar-refractivity contribution in [2.24, 2.45) is 0 Å². The largest absolute Gasteiger partial charge is 0.469 e. The summed E-state index contributed by atoms with van der Waals surface area (Å²) < 4.78 is 5.27. The van der Waals surface area contributed by atoms with Gasteiger partial charge in [0.2, 0.25) is 0 Å². The standard InChI is InChI=1S/C12H11N3O/c1-4-10-12(13-7-1)15-11(14-10)6-5-9-3-2-8-16-9/h1-4,7-8H,5-6H2,(H,13,14,15). The molecule has 3 heterocycles. The Morgan fingerprint density at radius 2 is 2.19 bits per heavy atom. The van der Waals surface area contributed by atoms with Crippen molar-refractivity contribution < 1.29 is 4.42 Å². The minimum absolute atomic E-state index is 0.775. The molecular formula is C12H11N3O. The van der Waals surface area contributed by atoms with Crippen LogP contribution in [0.4, 0.5) is 0 Å². The van der Waals surface area contributed by atoms with Crippen LogP contribution in [0.3, 0.4) is 0 Å². The van der Waals surface area contributed by atoms with Gasteiger partial charge >= 0.3 is 0 Å². The molecule has 0 unspecified atom stereocenters. The van der Waals surface area contributed by atoms with Crippen molar-refractivity contribution in [2.75, 3.05) is 0 Å². The molecule has 0 spiro atoms. The van der Waals surface area contributed by atoms with E-state index in [1.165, 1.54) is 0 Å². The molecule has 80 valence electrons. The van der Waals surface area contributed by atoms with Crippen LogP contribution in [-0.4, -0.2) is 15.0 Å². The molecule has 16 heavy (non-hydrogen) atoms. The van der Waals surface area contributed by atoms with Crippen molar-refractivity contribution in [3.63, 3.8) is 0 Å². The Labute approximate surface area is 92.3 Å². The van der Waals surface area contributed by atoms with Crippen LogP contribution in [0.25, 0.3) is 11.2 Å². The van der Waals surface area contributed by atoms with Gasteiger partial charge in [0.25, 0.3) is 0 Å². The summed E-state index contributed by atoms with van der Waals surface area (Å²) in [7, 11) is 0. The SMILES string of the molecule is c1coc(CCc2nc3ncccc3[nH]2)c1. The second kappa shape index (κ2) is 3.81. The van der Waals surface area contributed by atoms with E-state index in [0.29, 0.717) is 0 Å². The van der Waals surface area contributed by atoms with Crippen LogP contribution in [0.15, 0.2) is 41.1 Å². The van der Waals surface area contributed by atoms with E-state index in [1.54, 1.807) is 12.5 Å². The molecule has 0 aliphatic rings. The Kier molecular flexibility index (Phi) is 2.18. The third-order valence-electron chi connectivity index (χ3n) is 2.49. The highest BCUT2D eigenvalue weighted by Gasteiger charge is 2.04. The zero-order valence-corrected chi connectivity index (χ0v) is 8.68. The molecule has 0 aliphatic carbocycles. The van der Waals surface area contributed by atoms with E-state index in [4.69, 9.17) is 4.42 Å². The summed E-state index contributed by atoms with van der Waals surface area (Å²) in [4.78, 5) is 11.8. The number of aromatic amines is 1. The quantitative estimate of drug-likeness (QED) is 0.726. The van der Waals surface area contributed by atoms with Crippen LogP contribution in [0.5, 0.6) is 0 Å². The van der Waals surface area contributed by atoms with Crippen LogP contribution in [0.1, 0.15) is 11.6 Å². The van der Waals surface area contributed by atoms with Gasteiger partial charge in [-0.15, -0.1) is 0 Å². The van der Waals surface area contributed by atoms with Gasteiger partial charge in [0, 0.05) is 19.0 Å². The average Bonchev–Trinajstić information content (AvgIpc) is 2.95. The summed E-state index contributed by atoms with van der Waals surface area (Å²) in [5.41, 5.74) is 1.76. The van der Waals surface area contributed by atoms with Gasteiger partial charge in [0.05, 0.1) is 11.8 Å². The number of aryl methyl sites for hydroxylation is 2. The van der Waals surface area contributed by atoms with E-state index in [9.17, 15) is 0 Å². The van der Waals surface area contributed by atoms with Crippen LogP contribution in [-0.2, 0) is 12.8 Å². The van der Waals surface area contributed by atoms with Crippen molar-refractivity contribution in [3.8, 4) is 0 Å². The van der Waals surface area contributed by atoms with Gasteiger partial charge in [-0.2, -0.15) is 0 Å². The smallest absolute Gasteiger partial charge is 0.177 e. The molecule has 1 N–H and O–H groups in total. The molecule has 0 aromatic carbocycles. The summed E-state index contributed by atoms with van der Waals surface area (Å²) in [5.74, 6) is 1.93. The highest BCUT2D eigenvalue weighted by molar-refractivity contribution is 5.69. The first kappa shape index (κ1) is 9.15. The maximum absolute atomic E-state index is 5.27. The Morgan fingerprint density at radius 3 is 3.00 bits per heavy atom. The fourth-order valence-corrected chi connectivity index (χ4v) is 1.71. The summed E-state index contributed by atoms with van der Waals surface area (Å²) in [6.07, 6.45) is 5.13. The number of nitrogens with zero attached hydrogens (tertiary/aromatic N) is 2. The normalized spacial score (nSPS) is 11.0. The van der Waals surface area contributed by atoms with Crippen molar-refractivity contribution >= 4 is 11.2 Å². The predicted octanol–water partition coefficient (Wildman–Crippen LogP) is 2.34. The number of rotatable bonds is 3. The Hall–Kier alpha value is -2.10. The van der Waals surface area contributed by atoms with Crippen LogP contribution < -0.4 is 0 Å². The van der Waals surface area contributed by atoms with Crippen LogP contribution >= 0.6 is 0 Å². The Balaban J connectivity index is 1.79. The lowest BCUT2D eigenvalue weighted by Crippen LogP contribution is -1.91. The summed E-state index contributed by atoms with van der Waals surface area (Å²) in [5, 5.41) is 0. The van der Waals surface area contributed by atoms with Crippen LogP contribution in [0.2, 0.25) is 0 Å². The molecule has 3 aromatic heterocycles. The molecule has 0 atom stereocenters. The Morgan fingerprint density at radius 1 is 1.19 bits per heavy atom. The molecular weight excluding hydrogens is 202 g/mol. The molecule has 0 saturated heterocycles. The molecule has 0 aliphatic heterocycles. The number of fused-ring (bicyclic) bond motifs is 1. The third-order valence-corrected chi connectivity index (χ3v) is 2.49. The van der Waals surface area contributed by atoms with E-state index < -0.39 is 0 Å². The predicted molar refractivity (Wildman–Crippen MR) is 60.0 cm³/mol. The first-order chi connectivity index (χ1) is 7.92. The molecule has 0 radical (unpaired) electrons. The van der Waals surface area contributed by atoms with Crippen molar-refractivity contribution in [3.05, 3.63) is 48.3 Å². The Bertz CT molecular complexity index is 550. The number of nitrogens with one attached hydrogen (secondary N) is 1. The molecule has 3 rings (SSSR count). The highest BCUT2D eigenvalue weighted by Crippen LogP contribution is 2.10. The number of aromatic nitrogens is 3. The number of hydrogen-bond donors (Lipinski definition) is 1. The minimum Gasteiger partial charge on any atom is -0.469 e. The van der Waals surface area contributed by atoms with E-state index in [-0.39, 0.29) is 0 Å². The fourth-order valence-electron chi connectivity index (χ4n) is 1.71. The fraction of sp³-hybridized carbons (Fsp3) is 0.167. The zero-order valence-electron chi connectivity index (χ0n) is 8.68. The number of hydrogen-bond acceptors (Lipinski definition) is 3.